The highest BCUT2D eigenvalue weighted by atomic mass is 16.1. The van der Waals surface area contributed by atoms with Gasteiger partial charge in [-0.05, 0) is 25.2 Å². The number of allylic oxidation sites excluding steroid dienone is 1. The molecule has 1 aliphatic carbocycles. The summed E-state index contributed by atoms with van der Waals surface area (Å²) < 4.78 is 0. The quantitative estimate of drug-likeness (QED) is 0.653. The molecule has 2 N–H and O–H groups in total. The molecule has 0 radical (unpaired) electrons. The summed E-state index contributed by atoms with van der Waals surface area (Å²) in [5, 5.41) is 6.37. The normalized spacial score (nSPS) is 31.9. The van der Waals surface area contributed by atoms with Crippen LogP contribution in [0.1, 0.15) is 25.7 Å². The molecule has 0 saturated carbocycles. The lowest BCUT2D eigenvalue weighted by molar-refractivity contribution is -0.119. The van der Waals surface area contributed by atoms with E-state index in [4.69, 9.17) is 0 Å². The van der Waals surface area contributed by atoms with Crippen molar-refractivity contribution >= 4 is 5.91 Å². The van der Waals surface area contributed by atoms with E-state index in [1.807, 2.05) is 0 Å². The molecule has 0 aromatic rings. The van der Waals surface area contributed by atoms with Crippen molar-refractivity contribution in [2.24, 2.45) is 5.92 Å². The molecule has 3 heteroatoms. The molecule has 0 aromatic carbocycles. The lowest BCUT2D eigenvalue weighted by Gasteiger charge is -2.19. The van der Waals surface area contributed by atoms with E-state index < -0.39 is 0 Å². The van der Waals surface area contributed by atoms with Gasteiger partial charge in [0, 0.05) is 25.6 Å². The maximum absolute atomic E-state index is 11.0. The maximum atomic E-state index is 11.0. The van der Waals surface area contributed by atoms with Gasteiger partial charge >= 0.3 is 0 Å². The fourth-order valence-electron chi connectivity index (χ4n) is 2.11. The molecule has 2 unspecified atom stereocenters. The van der Waals surface area contributed by atoms with Crippen LogP contribution in [0.15, 0.2) is 12.2 Å². The Morgan fingerprint density at radius 3 is 3.14 bits per heavy atom. The summed E-state index contributed by atoms with van der Waals surface area (Å²) in [6, 6.07) is 0.541. The van der Waals surface area contributed by atoms with Gasteiger partial charge in [-0.15, -0.1) is 0 Å². The van der Waals surface area contributed by atoms with E-state index in [-0.39, 0.29) is 5.91 Å². The van der Waals surface area contributed by atoms with Gasteiger partial charge in [-0.25, -0.2) is 0 Å². The fraction of sp³-hybridized carbons (Fsp3) is 0.727. The molecule has 1 fully saturated rings. The Morgan fingerprint density at radius 2 is 2.50 bits per heavy atom. The minimum Gasteiger partial charge on any atom is -0.356 e. The van der Waals surface area contributed by atoms with E-state index in [1.54, 1.807) is 0 Å². The molecule has 2 aliphatic rings. The van der Waals surface area contributed by atoms with Crippen LogP contribution in [0.5, 0.6) is 0 Å². The molecule has 1 aliphatic heterocycles. The van der Waals surface area contributed by atoms with Crippen LogP contribution < -0.4 is 10.6 Å². The number of rotatable bonds is 3. The van der Waals surface area contributed by atoms with Gasteiger partial charge < -0.3 is 10.6 Å². The van der Waals surface area contributed by atoms with Gasteiger partial charge in [-0.2, -0.15) is 0 Å². The first kappa shape index (κ1) is 9.71. The summed E-state index contributed by atoms with van der Waals surface area (Å²) in [6.07, 6.45) is 8.96. The molecule has 0 spiro atoms. The zero-order valence-electron chi connectivity index (χ0n) is 8.46. The molecule has 3 nitrogen and oxygen atoms in total. The van der Waals surface area contributed by atoms with E-state index in [1.165, 1.54) is 19.3 Å². The van der Waals surface area contributed by atoms with E-state index in [2.05, 4.69) is 22.8 Å². The largest absolute Gasteiger partial charge is 0.356 e. The first-order valence-corrected chi connectivity index (χ1v) is 5.51. The van der Waals surface area contributed by atoms with Crippen LogP contribution in [0.4, 0.5) is 0 Å². The second kappa shape index (κ2) is 4.60. The van der Waals surface area contributed by atoms with Crippen molar-refractivity contribution in [3.63, 3.8) is 0 Å². The predicted octanol–water partition coefficient (Wildman–Crippen LogP) is 0.821. The smallest absolute Gasteiger partial charge is 0.220 e. The number of hydrogen-bond donors (Lipinski definition) is 2. The summed E-state index contributed by atoms with van der Waals surface area (Å²) in [5.41, 5.74) is 0. The first-order chi connectivity index (χ1) is 6.84. The summed E-state index contributed by atoms with van der Waals surface area (Å²) in [7, 11) is 0. The van der Waals surface area contributed by atoms with E-state index >= 15 is 0 Å². The lowest BCUT2D eigenvalue weighted by Crippen LogP contribution is -2.33. The first-order valence-electron chi connectivity index (χ1n) is 5.51. The third-order valence-electron chi connectivity index (χ3n) is 2.99. The molecular weight excluding hydrogens is 176 g/mol. The Labute approximate surface area is 84.9 Å². The molecule has 14 heavy (non-hydrogen) atoms. The van der Waals surface area contributed by atoms with E-state index in [9.17, 15) is 4.79 Å². The average molecular weight is 194 g/mol. The van der Waals surface area contributed by atoms with Crippen molar-refractivity contribution < 1.29 is 4.79 Å². The summed E-state index contributed by atoms with van der Waals surface area (Å²) in [4.78, 5) is 11.0. The average Bonchev–Trinajstić information content (AvgIpc) is 2.63. The van der Waals surface area contributed by atoms with Crippen molar-refractivity contribution in [1.29, 1.82) is 0 Å². The predicted molar refractivity (Wildman–Crippen MR) is 55.9 cm³/mol. The Kier molecular flexibility index (Phi) is 3.19. The second-order valence-corrected chi connectivity index (χ2v) is 4.25. The van der Waals surface area contributed by atoms with Crippen LogP contribution in [0.3, 0.4) is 0 Å². The molecule has 0 bridgehead atoms. The van der Waals surface area contributed by atoms with Gasteiger partial charge in [0.15, 0.2) is 0 Å². The second-order valence-electron chi connectivity index (χ2n) is 4.25. The number of nitrogens with one attached hydrogen (secondary N) is 2. The maximum Gasteiger partial charge on any atom is 0.220 e. The fourth-order valence-corrected chi connectivity index (χ4v) is 2.11. The third kappa shape index (κ3) is 2.58. The van der Waals surface area contributed by atoms with Crippen LogP contribution >= 0.6 is 0 Å². The van der Waals surface area contributed by atoms with Crippen molar-refractivity contribution in [1.82, 2.24) is 10.6 Å². The van der Waals surface area contributed by atoms with Gasteiger partial charge in [0.05, 0.1) is 0 Å². The Balaban J connectivity index is 1.69. The third-order valence-corrected chi connectivity index (χ3v) is 2.99. The number of carbonyl (C=O) groups excluding carboxylic acids is 1. The number of carbonyl (C=O) groups is 1. The minimum absolute atomic E-state index is 0.205. The van der Waals surface area contributed by atoms with Crippen LogP contribution in [0, 0.1) is 5.92 Å². The molecule has 1 saturated heterocycles. The zero-order valence-corrected chi connectivity index (χ0v) is 8.46. The summed E-state index contributed by atoms with van der Waals surface area (Å²) >= 11 is 0. The molecule has 2 atom stereocenters. The lowest BCUT2D eigenvalue weighted by atomic mass is 10.0. The number of amides is 1. The molecular formula is C11H18N2O. The monoisotopic (exact) mass is 194 g/mol. The molecule has 1 amide bonds. The topological polar surface area (TPSA) is 41.1 Å². The highest BCUT2D eigenvalue weighted by Gasteiger charge is 2.21. The van der Waals surface area contributed by atoms with Gasteiger partial charge in [-0.3, -0.25) is 4.79 Å². The van der Waals surface area contributed by atoms with Crippen molar-refractivity contribution in [2.45, 2.75) is 31.7 Å². The van der Waals surface area contributed by atoms with E-state index in [0.717, 1.165) is 13.1 Å². The van der Waals surface area contributed by atoms with E-state index in [0.29, 0.717) is 18.4 Å². The van der Waals surface area contributed by atoms with Crippen molar-refractivity contribution in [3.8, 4) is 0 Å². The highest BCUT2D eigenvalue weighted by Crippen LogP contribution is 2.12. The summed E-state index contributed by atoms with van der Waals surface area (Å²) in [5.74, 6) is 0.703. The number of hydrogen-bond acceptors (Lipinski definition) is 2. The van der Waals surface area contributed by atoms with Crippen LogP contribution in [0.25, 0.3) is 0 Å². The SMILES string of the molecule is O=C1CC(CNC2C=CCCC2)CN1. The van der Waals surface area contributed by atoms with Gasteiger partial charge in [0.2, 0.25) is 5.91 Å². The zero-order chi connectivity index (χ0) is 9.80. The molecule has 2 rings (SSSR count). The molecule has 0 aromatic heterocycles. The van der Waals surface area contributed by atoms with Crippen molar-refractivity contribution in [3.05, 3.63) is 12.2 Å². The van der Waals surface area contributed by atoms with Crippen LogP contribution in [0.2, 0.25) is 0 Å². The van der Waals surface area contributed by atoms with Crippen LogP contribution in [-0.4, -0.2) is 25.0 Å². The molecule has 78 valence electrons. The summed E-state index contributed by atoms with van der Waals surface area (Å²) in [6.45, 7) is 1.82. The minimum atomic E-state index is 0.205. The standard InChI is InChI=1S/C11H18N2O/c14-11-6-9(8-13-11)7-12-10-4-2-1-3-5-10/h2,4,9-10,12H,1,3,5-8H2,(H,13,14). The van der Waals surface area contributed by atoms with Crippen molar-refractivity contribution in [2.75, 3.05) is 13.1 Å². The highest BCUT2D eigenvalue weighted by molar-refractivity contribution is 5.78. The van der Waals surface area contributed by atoms with Gasteiger partial charge in [0.1, 0.15) is 0 Å². The Bertz CT molecular complexity index is 237. The van der Waals surface area contributed by atoms with Crippen LogP contribution in [-0.2, 0) is 4.79 Å². The molecule has 1 heterocycles. The Morgan fingerprint density at radius 1 is 1.57 bits per heavy atom. The Hall–Kier alpha value is -0.830. The van der Waals surface area contributed by atoms with Gasteiger partial charge in [-0.1, -0.05) is 12.2 Å². The van der Waals surface area contributed by atoms with Gasteiger partial charge in [0.25, 0.3) is 0 Å².